The van der Waals surface area contributed by atoms with Gasteiger partial charge in [-0.3, -0.25) is 0 Å². The van der Waals surface area contributed by atoms with E-state index in [0.717, 1.165) is 124 Å². The number of ether oxygens (including phenoxy) is 3. The van der Waals surface area contributed by atoms with Crippen molar-refractivity contribution in [2.75, 3.05) is 19.6 Å². The second-order valence-corrected chi connectivity index (χ2v) is 32.7. The van der Waals surface area contributed by atoms with Gasteiger partial charge in [0.1, 0.15) is 28.3 Å². The van der Waals surface area contributed by atoms with Gasteiger partial charge in [0.05, 0.1) is 33.0 Å². The van der Waals surface area contributed by atoms with Gasteiger partial charge in [-0.2, -0.15) is 0 Å². The number of anilines is 12. The van der Waals surface area contributed by atoms with Gasteiger partial charge in [0.25, 0.3) is 13.4 Å². The van der Waals surface area contributed by atoms with Gasteiger partial charge in [-0.25, -0.2) is 0 Å². The topological polar surface area (TPSA) is 62.7 Å². The Kier molecular flexibility index (Phi) is 12.8. The molecule has 0 saturated heterocycles. The summed E-state index contributed by atoms with van der Waals surface area (Å²) >= 11 is 0. The Morgan fingerprint density at radius 1 is 0.268 bits per heavy atom. The summed E-state index contributed by atoms with van der Waals surface area (Å²) in [5.74, 6) is 4.02. The number of aromatic nitrogens is 1. The molecular formula is C100H60B2N5O4P. The SMILES string of the molecule is O=P12c3ccccc3Oc3ccc(-c4ccc(-n5c6ccccc6c6cc(-c7ccc8ccc(N9c%10ccccc%10B%10c%11ccccc%11N(c%11cccc(-c%12cccc%13c%12Oc%12cccc%14c%12N%13c%12cccc%13c%12B%14c%12ccccc%12N%13c%12ccccc%12)c%11)c%11cccc9c%11%10)cc8c7)ccc65)cc4)c(c31)Oc1ccccc12. The molecule has 18 aromatic rings. The van der Waals surface area contributed by atoms with Gasteiger partial charge in [0, 0.05) is 84.5 Å². The smallest absolute Gasteiger partial charge is 0.252 e. The van der Waals surface area contributed by atoms with Crippen LogP contribution in [-0.2, 0) is 4.57 Å². The van der Waals surface area contributed by atoms with Crippen LogP contribution in [0, 0.1) is 0 Å². The van der Waals surface area contributed by atoms with Gasteiger partial charge in [-0.05, 0) is 230 Å². The summed E-state index contributed by atoms with van der Waals surface area (Å²) in [6, 6.07) is 131. The highest BCUT2D eigenvalue weighted by atomic mass is 31.2. The number of hydrogen-bond donors (Lipinski definition) is 0. The molecule has 1 unspecified atom stereocenters. The van der Waals surface area contributed by atoms with Crippen LogP contribution in [0.1, 0.15) is 0 Å². The second-order valence-electron chi connectivity index (χ2n) is 30.1. The summed E-state index contributed by atoms with van der Waals surface area (Å²) in [6.07, 6.45) is 0. The van der Waals surface area contributed by atoms with E-state index < -0.39 is 7.14 Å². The third-order valence-corrected chi connectivity index (χ3v) is 27.5. The van der Waals surface area contributed by atoms with E-state index in [9.17, 15) is 0 Å². The molecule has 0 radical (unpaired) electrons. The van der Waals surface area contributed by atoms with Gasteiger partial charge >= 0.3 is 0 Å². The molecule has 7 aliphatic rings. The fraction of sp³-hybridized carbons (Fsp3) is 0. The minimum Gasteiger partial charge on any atom is -0.456 e. The van der Waals surface area contributed by atoms with Crippen molar-refractivity contribution >= 4 is 170 Å². The van der Waals surface area contributed by atoms with Crippen molar-refractivity contribution in [1.29, 1.82) is 0 Å². The summed E-state index contributed by atoms with van der Waals surface area (Å²) in [6.45, 7) is -0.0193. The normalized spacial score (nSPS) is 15.0. The van der Waals surface area contributed by atoms with Crippen molar-refractivity contribution < 1.29 is 18.8 Å². The maximum atomic E-state index is 15.8. The van der Waals surface area contributed by atoms with Crippen LogP contribution in [0.4, 0.5) is 68.2 Å². The first kappa shape index (κ1) is 61.7. The molecule has 0 N–H and O–H groups in total. The van der Waals surface area contributed by atoms with Crippen LogP contribution in [0.3, 0.4) is 0 Å². The third kappa shape index (κ3) is 8.52. The summed E-state index contributed by atoms with van der Waals surface area (Å²) in [5, 5.41) is 6.65. The highest BCUT2D eigenvalue weighted by Gasteiger charge is 2.50. The largest absolute Gasteiger partial charge is 0.456 e. The Bertz CT molecular complexity index is 7230. The van der Waals surface area contributed by atoms with Crippen molar-refractivity contribution in [2.24, 2.45) is 0 Å². The van der Waals surface area contributed by atoms with Crippen molar-refractivity contribution in [1.82, 2.24) is 4.57 Å². The van der Waals surface area contributed by atoms with E-state index in [1.807, 2.05) is 60.7 Å². The molecule has 112 heavy (non-hydrogen) atoms. The molecule has 9 nitrogen and oxygen atoms in total. The summed E-state index contributed by atoms with van der Waals surface area (Å²) < 4.78 is 38.7. The van der Waals surface area contributed by atoms with Crippen LogP contribution < -0.4 is 82.5 Å². The van der Waals surface area contributed by atoms with Crippen LogP contribution in [0.2, 0.25) is 0 Å². The van der Waals surface area contributed by atoms with Crippen LogP contribution in [0.5, 0.6) is 34.5 Å². The van der Waals surface area contributed by atoms with Gasteiger partial charge in [0.15, 0.2) is 18.6 Å². The maximum Gasteiger partial charge on any atom is 0.252 e. The maximum absolute atomic E-state index is 15.8. The first-order valence-electron chi connectivity index (χ1n) is 38.3. The first-order chi connectivity index (χ1) is 55.4. The number of nitrogens with zero attached hydrogens (tertiary/aromatic N) is 5. The minimum absolute atomic E-state index is 0.00712. The molecular weight excluding hydrogens is 1390 g/mol. The molecule has 25 rings (SSSR count). The lowest BCUT2D eigenvalue weighted by molar-refractivity contribution is 0.463. The molecule has 8 heterocycles. The predicted molar refractivity (Wildman–Crippen MR) is 462 cm³/mol. The second kappa shape index (κ2) is 23.2. The number of para-hydroxylation sites is 9. The van der Waals surface area contributed by atoms with Crippen LogP contribution >= 0.6 is 7.14 Å². The molecule has 12 heteroatoms. The van der Waals surface area contributed by atoms with Gasteiger partial charge in [-0.15, -0.1) is 0 Å². The Morgan fingerprint density at radius 2 is 0.759 bits per heavy atom. The van der Waals surface area contributed by atoms with Crippen LogP contribution in [-0.4, -0.2) is 18.0 Å². The quantitative estimate of drug-likeness (QED) is 0.116. The number of hydrogen-bond acceptors (Lipinski definition) is 8. The highest BCUT2D eigenvalue weighted by molar-refractivity contribution is 7.86. The number of fused-ring (bicyclic) bond motifs is 18. The summed E-state index contributed by atoms with van der Waals surface area (Å²) in [7, 11) is -3.35. The van der Waals surface area contributed by atoms with E-state index in [-0.39, 0.29) is 13.4 Å². The van der Waals surface area contributed by atoms with Crippen LogP contribution in [0.15, 0.2) is 364 Å². The first-order valence-corrected chi connectivity index (χ1v) is 40.0. The van der Waals surface area contributed by atoms with Gasteiger partial charge in [0.2, 0.25) is 0 Å². The number of benzene rings is 17. The molecule has 17 aromatic carbocycles. The molecule has 1 aromatic heterocycles. The monoisotopic (exact) mass is 1450 g/mol. The average molecular weight is 1450 g/mol. The Morgan fingerprint density at radius 3 is 1.49 bits per heavy atom. The number of rotatable bonds is 7. The zero-order valence-corrected chi connectivity index (χ0v) is 61.0. The molecule has 7 aliphatic heterocycles. The van der Waals surface area contributed by atoms with E-state index in [4.69, 9.17) is 14.2 Å². The van der Waals surface area contributed by atoms with Crippen LogP contribution in [0.25, 0.3) is 71.6 Å². The summed E-state index contributed by atoms with van der Waals surface area (Å²) in [5.41, 5.74) is 30.5. The van der Waals surface area contributed by atoms with Gasteiger partial charge in [-0.1, -0.05) is 200 Å². The highest BCUT2D eigenvalue weighted by Crippen LogP contribution is 2.61. The average Bonchev–Trinajstić information content (AvgIpc) is 0.806. The van der Waals surface area contributed by atoms with Crippen molar-refractivity contribution in [3.8, 4) is 73.6 Å². The molecule has 1 atom stereocenters. The van der Waals surface area contributed by atoms with Crippen molar-refractivity contribution in [3.63, 3.8) is 0 Å². The van der Waals surface area contributed by atoms with Crippen molar-refractivity contribution in [3.05, 3.63) is 364 Å². The molecule has 0 aliphatic carbocycles. The molecule has 0 spiro atoms. The standard InChI is InChI=1S/C100H60B2N5O4P/c108-112-93-43-14-12-40-89(93)109-92-56-54-72(99(100(92)112)110-90-41-13-15-44-94(90)112)62-48-51-68(52-49-62)103-79-31-8-4-25-73(79)74-60-64(50-55-80(74)103)63-46-45-61-47-53-70(59-66(61)57-63)106-83-34-11-6-28-76(83)101-75-27-5-10-33-82(75)105(85-36-19-37-86(106)95(85)101)69-24-16-21-65(58-69)71-26-17-39-88-98(71)111-91-42-18-30-78-97(91)107(88)87-38-20-35-84-96(87)102(78)77-29-7-9-32-81(77)104(84)67-22-2-1-3-23-67/h1-60H. The lowest BCUT2D eigenvalue weighted by Crippen LogP contribution is -2.61. The lowest BCUT2D eigenvalue weighted by atomic mass is 9.33. The lowest BCUT2D eigenvalue weighted by Gasteiger charge is -2.46. The fourth-order valence-corrected chi connectivity index (χ4v) is 22.8. The van der Waals surface area contributed by atoms with E-state index in [1.165, 1.54) is 60.3 Å². The van der Waals surface area contributed by atoms with E-state index in [1.54, 1.807) is 0 Å². The Hall–Kier alpha value is -14.2. The minimum atomic E-state index is -3.35. The molecule has 0 fully saturated rings. The van der Waals surface area contributed by atoms with E-state index >= 15 is 4.57 Å². The van der Waals surface area contributed by atoms with Crippen molar-refractivity contribution in [2.45, 2.75) is 0 Å². The molecule has 520 valence electrons. The molecule has 0 bridgehead atoms. The predicted octanol–water partition coefficient (Wildman–Crippen LogP) is 21.1. The zero-order valence-electron chi connectivity index (χ0n) is 60.1. The Balaban J connectivity index is 0.564. The fourth-order valence-electron chi connectivity index (χ4n) is 19.7. The van der Waals surface area contributed by atoms with Gasteiger partial charge < -0.3 is 42.9 Å². The van der Waals surface area contributed by atoms with E-state index in [2.05, 4.69) is 327 Å². The Labute approximate surface area is 646 Å². The third-order valence-electron chi connectivity index (χ3n) is 24.3. The molecule has 0 amide bonds. The molecule has 0 saturated carbocycles. The van der Waals surface area contributed by atoms with E-state index in [0.29, 0.717) is 38.9 Å². The zero-order chi connectivity index (χ0) is 73.2. The summed E-state index contributed by atoms with van der Waals surface area (Å²) in [4.78, 5) is 9.90.